The van der Waals surface area contributed by atoms with Crippen LogP contribution < -0.4 is 14.2 Å². The van der Waals surface area contributed by atoms with Crippen molar-refractivity contribution in [1.29, 1.82) is 0 Å². The molecule has 2 aromatic carbocycles. The van der Waals surface area contributed by atoms with Gasteiger partial charge >= 0.3 is 5.97 Å². The lowest BCUT2D eigenvalue weighted by atomic mass is 10.1. The van der Waals surface area contributed by atoms with E-state index in [1.54, 1.807) is 55.7 Å². The van der Waals surface area contributed by atoms with Gasteiger partial charge in [-0.1, -0.05) is 12.1 Å². The van der Waals surface area contributed by atoms with Gasteiger partial charge in [0.15, 0.2) is 12.4 Å². The van der Waals surface area contributed by atoms with Crippen molar-refractivity contribution in [3.63, 3.8) is 0 Å². The predicted molar refractivity (Wildman–Crippen MR) is 89.9 cm³/mol. The molecule has 0 N–H and O–H groups in total. The number of methoxy groups -OCH3 is 2. The molecule has 0 bridgehead atoms. The van der Waals surface area contributed by atoms with Gasteiger partial charge in [0.1, 0.15) is 17.2 Å². The Kier molecular flexibility index (Phi) is 4.70. The normalized spacial score (nSPS) is 14.0. The van der Waals surface area contributed by atoms with Gasteiger partial charge < -0.3 is 18.9 Å². The molecule has 1 aliphatic rings. The van der Waals surface area contributed by atoms with Crippen LogP contribution in [0.1, 0.15) is 15.9 Å². The molecule has 0 aliphatic carbocycles. The summed E-state index contributed by atoms with van der Waals surface area (Å²) in [7, 11) is 2.84. The highest BCUT2D eigenvalue weighted by atomic mass is 16.6. The first-order chi connectivity index (χ1) is 12.1. The van der Waals surface area contributed by atoms with E-state index in [-0.39, 0.29) is 18.1 Å². The fourth-order valence-electron chi connectivity index (χ4n) is 2.34. The molecule has 0 radical (unpaired) electrons. The van der Waals surface area contributed by atoms with Crippen molar-refractivity contribution in [3.05, 3.63) is 59.4 Å². The molecule has 0 fully saturated rings. The number of carbonyl (C=O) groups excluding carboxylic acids is 2. The SMILES string of the molecule is COC(=O)COc1cccc(C=C2Oc3cc(OC)ccc3C2=O)c1. The van der Waals surface area contributed by atoms with Gasteiger partial charge in [-0.15, -0.1) is 0 Å². The van der Waals surface area contributed by atoms with Crippen LogP contribution in [0.25, 0.3) is 6.08 Å². The first-order valence-electron chi connectivity index (χ1n) is 7.52. The van der Waals surface area contributed by atoms with Gasteiger partial charge in [0.2, 0.25) is 5.78 Å². The largest absolute Gasteiger partial charge is 0.497 e. The van der Waals surface area contributed by atoms with E-state index >= 15 is 0 Å². The fourth-order valence-corrected chi connectivity index (χ4v) is 2.34. The topological polar surface area (TPSA) is 71.1 Å². The van der Waals surface area contributed by atoms with E-state index in [9.17, 15) is 9.59 Å². The summed E-state index contributed by atoms with van der Waals surface area (Å²) >= 11 is 0. The summed E-state index contributed by atoms with van der Waals surface area (Å²) in [6.45, 7) is -0.183. The van der Waals surface area contributed by atoms with Gasteiger partial charge in [-0.05, 0) is 35.9 Å². The molecule has 0 saturated heterocycles. The average molecular weight is 340 g/mol. The maximum absolute atomic E-state index is 12.4. The van der Waals surface area contributed by atoms with Crippen molar-refractivity contribution in [2.45, 2.75) is 0 Å². The van der Waals surface area contributed by atoms with Crippen molar-refractivity contribution in [2.24, 2.45) is 0 Å². The summed E-state index contributed by atoms with van der Waals surface area (Å²) in [6, 6.07) is 12.0. The maximum atomic E-state index is 12.4. The lowest BCUT2D eigenvalue weighted by molar-refractivity contribution is -0.142. The van der Waals surface area contributed by atoms with Gasteiger partial charge in [-0.25, -0.2) is 4.79 Å². The van der Waals surface area contributed by atoms with Gasteiger partial charge in [0.05, 0.1) is 19.8 Å². The van der Waals surface area contributed by atoms with E-state index in [0.717, 1.165) is 0 Å². The van der Waals surface area contributed by atoms with Crippen molar-refractivity contribution < 1.29 is 28.5 Å². The highest BCUT2D eigenvalue weighted by Crippen LogP contribution is 2.34. The number of hydrogen-bond acceptors (Lipinski definition) is 6. The van der Waals surface area contributed by atoms with Crippen molar-refractivity contribution >= 4 is 17.8 Å². The Morgan fingerprint density at radius 2 is 1.96 bits per heavy atom. The number of rotatable bonds is 5. The maximum Gasteiger partial charge on any atom is 0.343 e. The molecule has 25 heavy (non-hydrogen) atoms. The second kappa shape index (κ2) is 7.09. The lowest BCUT2D eigenvalue weighted by Gasteiger charge is -2.05. The third-order valence-electron chi connectivity index (χ3n) is 3.62. The zero-order valence-corrected chi connectivity index (χ0v) is 13.8. The quantitative estimate of drug-likeness (QED) is 0.616. The summed E-state index contributed by atoms with van der Waals surface area (Å²) in [4.78, 5) is 23.5. The number of hydrogen-bond donors (Lipinski definition) is 0. The van der Waals surface area contributed by atoms with Gasteiger partial charge in [-0.2, -0.15) is 0 Å². The molecular formula is C19H16O6. The van der Waals surface area contributed by atoms with Crippen molar-refractivity contribution in [3.8, 4) is 17.2 Å². The molecule has 6 nitrogen and oxygen atoms in total. The van der Waals surface area contributed by atoms with E-state index in [0.29, 0.717) is 28.4 Å². The number of carbonyl (C=O) groups is 2. The van der Waals surface area contributed by atoms with Crippen LogP contribution in [-0.4, -0.2) is 32.6 Å². The van der Waals surface area contributed by atoms with Crippen LogP contribution >= 0.6 is 0 Å². The molecule has 6 heteroatoms. The van der Waals surface area contributed by atoms with E-state index in [1.807, 2.05) is 0 Å². The van der Waals surface area contributed by atoms with Crippen LogP contribution in [0, 0.1) is 0 Å². The zero-order chi connectivity index (χ0) is 17.8. The number of ether oxygens (including phenoxy) is 4. The highest BCUT2D eigenvalue weighted by Gasteiger charge is 2.27. The summed E-state index contributed by atoms with van der Waals surface area (Å²) in [5.41, 5.74) is 1.20. The molecule has 0 unspecified atom stereocenters. The van der Waals surface area contributed by atoms with E-state index in [4.69, 9.17) is 14.2 Å². The Labute approximate surface area is 144 Å². The smallest absolute Gasteiger partial charge is 0.343 e. The van der Waals surface area contributed by atoms with E-state index in [2.05, 4.69) is 4.74 Å². The summed E-state index contributed by atoms with van der Waals surface area (Å²) in [6.07, 6.45) is 1.62. The second-order valence-corrected chi connectivity index (χ2v) is 5.24. The number of Topliss-reactive ketones (excluding diaryl/α,β-unsaturated/α-hetero) is 1. The molecule has 0 spiro atoms. The summed E-state index contributed by atoms with van der Waals surface area (Å²) < 4.78 is 20.6. The van der Waals surface area contributed by atoms with Crippen LogP contribution in [-0.2, 0) is 9.53 Å². The van der Waals surface area contributed by atoms with E-state index in [1.165, 1.54) is 7.11 Å². The van der Waals surface area contributed by atoms with Crippen molar-refractivity contribution in [1.82, 2.24) is 0 Å². The molecule has 1 heterocycles. The predicted octanol–water partition coefficient (Wildman–Crippen LogP) is 2.86. The third-order valence-corrected chi connectivity index (χ3v) is 3.62. The Morgan fingerprint density at radius 3 is 2.72 bits per heavy atom. The first-order valence-corrected chi connectivity index (χ1v) is 7.52. The van der Waals surface area contributed by atoms with Crippen LogP contribution in [0.5, 0.6) is 17.2 Å². The molecule has 3 rings (SSSR count). The van der Waals surface area contributed by atoms with Crippen LogP contribution in [0.15, 0.2) is 48.2 Å². The highest BCUT2D eigenvalue weighted by molar-refractivity contribution is 6.14. The molecule has 0 aromatic heterocycles. The Morgan fingerprint density at radius 1 is 1.12 bits per heavy atom. The number of benzene rings is 2. The van der Waals surface area contributed by atoms with Gasteiger partial charge in [0, 0.05) is 6.07 Å². The van der Waals surface area contributed by atoms with Crippen LogP contribution in [0.2, 0.25) is 0 Å². The van der Waals surface area contributed by atoms with Crippen LogP contribution in [0.4, 0.5) is 0 Å². The molecule has 0 atom stereocenters. The monoisotopic (exact) mass is 340 g/mol. The van der Waals surface area contributed by atoms with E-state index < -0.39 is 5.97 Å². The second-order valence-electron chi connectivity index (χ2n) is 5.24. The number of esters is 1. The Hall–Kier alpha value is -3.28. The molecule has 0 saturated carbocycles. The number of ketones is 1. The number of allylic oxidation sites excluding steroid dienone is 1. The Balaban J connectivity index is 1.79. The minimum atomic E-state index is -0.470. The summed E-state index contributed by atoms with van der Waals surface area (Å²) in [5.74, 6) is 1.12. The zero-order valence-electron chi connectivity index (χ0n) is 13.8. The van der Waals surface area contributed by atoms with Crippen LogP contribution in [0.3, 0.4) is 0 Å². The minimum absolute atomic E-state index is 0.183. The first kappa shape index (κ1) is 16.6. The molecule has 2 aromatic rings. The third kappa shape index (κ3) is 3.63. The Bertz CT molecular complexity index is 853. The average Bonchev–Trinajstić information content (AvgIpc) is 2.95. The summed E-state index contributed by atoms with van der Waals surface area (Å²) in [5, 5.41) is 0. The lowest BCUT2D eigenvalue weighted by Crippen LogP contribution is -2.12. The molecular weight excluding hydrogens is 324 g/mol. The van der Waals surface area contributed by atoms with Gasteiger partial charge in [-0.3, -0.25) is 4.79 Å². The number of fused-ring (bicyclic) bond motifs is 1. The minimum Gasteiger partial charge on any atom is -0.497 e. The van der Waals surface area contributed by atoms with Crippen molar-refractivity contribution in [2.75, 3.05) is 20.8 Å². The standard InChI is InChI=1S/C19H16O6/c1-22-13-6-7-15-16(10-13)25-17(19(15)21)9-12-4-3-5-14(8-12)24-11-18(20)23-2/h3-10H,11H2,1-2H3. The fraction of sp³-hybridized carbons (Fsp3) is 0.158. The molecule has 1 aliphatic heterocycles. The van der Waals surface area contributed by atoms with Gasteiger partial charge in [0.25, 0.3) is 0 Å². The molecule has 128 valence electrons. The molecule has 0 amide bonds.